The zero-order valence-corrected chi connectivity index (χ0v) is 11.9. The minimum absolute atomic E-state index is 0.0386. The predicted molar refractivity (Wildman–Crippen MR) is 76.0 cm³/mol. The summed E-state index contributed by atoms with van der Waals surface area (Å²) in [6, 6.07) is 3.82. The van der Waals surface area contributed by atoms with E-state index in [1.54, 1.807) is 19.1 Å². The number of esters is 1. The topological polar surface area (TPSA) is 119 Å². The molecule has 0 aliphatic heterocycles. The molecule has 21 heavy (non-hydrogen) atoms. The highest BCUT2D eigenvalue weighted by Crippen LogP contribution is 2.18. The Kier molecular flexibility index (Phi) is 5.86. The Morgan fingerprint density at radius 2 is 2.05 bits per heavy atom. The van der Waals surface area contributed by atoms with Crippen LogP contribution in [0.1, 0.15) is 28.8 Å². The summed E-state index contributed by atoms with van der Waals surface area (Å²) in [4.78, 5) is 33.8. The number of carboxylic acid groups (broad SMARTS) is 1. The van der Waals surface area contributed by atoms with Gasteiger partial charge in [0.15, 0.2) is 0 Å². The van der Waals surface area contributed by atoms with Gasteiger partial charge in [0.2, 0.25) is 5.91 Å². The Balaban J connectivity index is 2.79. The van der Waals surface area contributed by atoms with Crippen LogP contribution in [-0.4, -0.2) is 36.1 Å². The van der Waals surface area contributed by atoms with E-state index in [0.717, 1.165) is 5.56 Å². The van der Waals surface area contributed by atoms with Gasteiger partial charge in [-0.15, -0.1) is 0 Å². The number of anilines is 1. The number of benzene rings is 1. The van der Waals surface area contributed by atoms with E-state index in [2.05, 4.69) is 10.1 Å². The Hall–Kier alpha value is -2.41. The molecule has 0 spiro atoms. The lowest BCUT2D eigenvalue weighted by Gasteiger charge is -2.13. The van der Waals surface area contributed by atoms with Crippen molar-refractivity contribution in [3.05, 3.63) is 29.3 Å². The minimum Gasteiger partial charge on any atom is -0.481 e. The van der Waals surface area contributed by atoms with E-state index < -0.39 is 23.9 Å². The van der Waals surface area contributed by atoms with Crippen LogP contribution in [0.25, 0.3) is 0 Å². The molecule has 1 amide bonds. The standard InChI is InChI=1S/C14H18N2O5/c1-8-3-4-9(14(20)21-2)7-11(8)16-13(19)10(15)5-6-12(17)18/h3-4,7,10H,5-6,15H2,1-2H3,(H,16,19)(H,17,18). The van der Waals surface area contributed by atoms with Crippen molar-refractivity contribution in [3.8, 4) is 0 Å². The van der Waals surface area contributed by atoms with Crippen molar-refractivity contribution in [1.29, 1.82) is 0 Å². The number of amides is 1. The van der Waals surface area contributed by atoms with Gasteiger partial charge in [0.1, 0.15) is 0 Å². The second-order valence-electron chi connectivity index (χ2n) is 4.55. The third-order valence-corrected chi connectivity index (χ3v) is 2.92. The maximum Gasteiger partial charge on any atom is 0.337 e. The smallest absolute Gasteiger partial charge is 0.337 e. The van der Waals surface area contributed by atoms with Gasteiger partial charge >= 0.3 is 11.9 Å². The van der Waals surface area contributed by atoms with Crippen molar-refractivity contribution >= 4 is 23.5 Å². The van der Waals surface area contributed by atoms with E-state index in [-0.39, 0.29) is 12.8 Å². The first-order valence-corrected chi connectivity index (χ1v) is 6.32. The molecule has 1 aromatic carbocycles. The molecule has 1 aromatic rings. The number of methoxy groups -OCH3 is 1. The fourth-order valence-electron chi connectivity index (χ4n) is 1.64. The van der Waals surface area contributed by atoms with Gasteiger partial charge in [-0.1, -0.05) is 6.07 Å². The number of carbonyl (C=O) groups is 3. The lowest BCUT2D eigenvalue weighted by Crippen LogP contribution is -2.36. The summed E-state index contributed by atoms with van der Waals surface area (Å²) < 4.78 is 4.61. The normalized spacial score (nSPS) is 11.6. The van der Waals surface area contributed by atoms with Crippen LogP contribution in [0.2, 0.25) is 0 Å². The van der Waals surface area contributed by atoms with Gasteiger partial charge in [-0.2, -0.15) is 0 Å². The maximum atomic E-state index is 11.9. The third kappa shape index (κ3) is 4.88. The first-order chi connectivity index (χ1) is 9.85. The highest BCUT2D eigenvalue weighted by atomic mass is 16.5. The summed E-state index contributed by atoms with van der Waals surface area (Å²) in [6.45, 7) is 1.76. The monoisotopic (exact) mass is 294 g/mol. The molecule has 7 heteroatoms. The molecule has 0 saturated heterocycles. The summed E-state index contributed by atoms with van der Waals surface area (Å²) in [6.07, 6.45) is -0.146. The first kappa shape index (κ1) is 16.6. The molecule has 0 aromatic heterocycles. The number of carbonyl (C=O) groups excluding carboxylic acids is 2. The Labute approximate surface area is 122 Å². The average molecular weight is 294 g/mol. The molecule has 4 N–H and O–H groups in total. The second-order valence-corrected chi connectivity index (χ2v) is 4.55. The van der Waals surface area contributed by atoms with Crippen molar-refractivity contribution in [1.82, 2.24) is 0 Å². The van der Waals surface area contributed by atoms with Crippen LogP contribution < -0.4 is 11.1 Å². The molecule has 0 saturated carbocycles. The summed E-state index contributed by atoms with van der Waals surface area (Å²) in [5.41, 5.74) is 7.11. The van der Waals surface area contributed by atoms with Crippen LogP contribution in [0.3, 0.4) is 0 Å². The highest BCUT2D eigenvalue weighted by Gasteiger charge is 2.16. The molecule has 1 rings (SSSR count). The van der Waals surface area contributed by atoms with Gasteiger partial charge in [-0.3, -0.25) is 9.59 Å². The highest BCUT2D eigenvalue weighted by molar-refractivity contribution is 5.97. The zero-order valence-electron chi connectivity index (χ0n) is 11.9. The lowest BCUT2D eigenvalue weighted by atomic mass is 10.1. The molecule has 1 atom stereocenters. The fraction of sp³-hybridized carbons (Fsp3) is 0.357. The van der Waals surface area contributed by atoms with Gasteiger partial charge in [-0.05, 0) is 31.0 Å². The van der Waals surface area contributed by atoms with Gasteiger partial charge in [-0.25, -0.2) is 4.79 Å². The number of nitrogens with one attached hydrogen (secondary N) is 1. The molecule has 0 radical (unpaired) electrons. The van der Waals surface area contributed by atoms with E-state index in [1.807, 2.05) is 0 Å². The number of carboxylic acids is 1. The van der Waals surface area contributed by atoms with Crippen LogP contribution >= 0.6 is 0 Å². The number of aryl methyl sites for hydroxylation is 1. The largest absolute Gasteiger partial charge is 0.481 e. The van der Waals surface area contributed by atoms with Crippen LogP contribution in [0.5, 0.6) is 0 Å². The van der Waals surface area contributed by atoms with Crippen LogP contribution in [0, 0.1) is 6.92 Å². The number of hydrogen-bond donors (Lipinski definition) is 3. The average Bonchev–Trinajstić information content (AvgIpc) is 2.45. The quantitative estimate of drug-likeness (QED) is 0.671. The fourth-order valence-corrected chi connectivity index (χ4v) is 1.64. The van der Waals surface area contributed by atoms with Crippen LogP contribution in [0.15, 0.2) is 18.2 Å². The molecule has 7 nitrogen and oxygen atoms in total. The van der Waals surface area contributed by atoms with Gasteiger partial charge in [0, 0.05) is 12.1 Å². The Morgan fingerprint density at radius 1 is 1.38 bits per heavy atom. The molecule has 0 fully saturated rings. The number of rotatable bonds is 6. The summed E-state index contributed by atoms with van der Waals surface area (Å²) in [5, 5.41) is 11.2. The Bertz CT molecular complexity index is 556. The molecular formula is C14H18N2O5. The number of nitrogens with two attached hydrogens (primary N) is 1. The maximum absolute atomic E-state index is 11.9. The molecular weight excluding hydrogens is 276 g/mol. The molecule has 0 aliphatic rings. The molecule has 0 heterocycles. The van der Waals surface area contributed by atoms with Gasteiger partial charge < -0.3 is 20.9 Å². The number of aliphatic carboxylic acids is 1. The molecule has 0 bridgehead atoms. The van der Waals surface area contributed by atoms with E-state index >= 15 is 0 Å². The van der Waals surface area contributed by atoms with Crippen molar-refractivity contribution in [3.63, 3.8) is 0 Å². The third-order valence-electron chi connectivity index (χ3n) is 2.92. The van der Waals surface area contributed by atoms with E-state index in [1.165, 1.54) is 13.2 Å². The van der Waals surface area contributed by atoms with Crippen LogP contribution in [0.4, 0.5) is 5.69 Å². The predicted octanol–water partition coefficient (Wildman–Crippen LogP) is 0.912. The van der Waals surface area contributed by atoms with E-state index in [0.29, 0.717) is 11.3 Å². The lowest BCUT2D eigenvalue weighted by molar-refractivity contribution is -0.137. The van der Waals surface area contributed by atoms with E-state index in [4.69, 9.17) is 10.8 Å². The minimum atomic E-state index is -1.01. The van der Waals surface area contributed by atoms with Crippen molar-refractivity contribution in [2.45, 2.75) is 25.8 Å². The Morgan fingerprint density at radius 3 is 2.62 bits per heavy atom. The summed E-state index contributed by atoms with van der Waals surface area (Å²) in [7, 11) is 1.27. The molecule has 0 aliphatic carbocycles. The molecule has 114 valence electrons. The van der Waals surface area contributed by atoms with Crippen molar-refractivity contribution in [2.75, 3.05) is 12.4 Å². The van der Waals surface area contributed by atoms with E-state index in [9.17, 15) is 14.4 Å². The van der Waals surface area contributed by atoms with Gasteiger partial charge in [0.25, 0.3) is 0 Å². The molecule has 1 unspecified atom stereocenters. The summed E-state index contributed by atoms with van der Waals surface area (Å²) >= 11 is 0. The van der Waals surface area contributed by atoms with Crippen molar-refractivity contribution < 1.29 is 24.2 Å². The summed E-state index contributed by atoms with van der Waals surface area (Å²) in [5.74, 6) is -2.02. The zero-order chi connectivity index (χ0) is 16.0. The number of hydrogen-bond acceptors (Lipinski definition) is 5. The van der Waals surface area contributed by atoms with Crippen LogP contribution in [-0.2, 0) is 14.3 Å². The van der Waals surface area contributed by atoms with Crippen molar-refractivity contribution in [2.24, 2.45) is 5.73 Å². The second kappa shape index (κ2) is 7.39. The first-order valence-electron chi connectivity index (χ1n) is 6.32. The SMILES string of the molecule is COC(=O)c1ccc(C)c(NC(=O)C(N)CCC(=O)O)c1. The van der Waals surface area contributed by atoms with Gasteiger partial charge in [0.05, 0.1) is 18.7 Å². The number of ether oxygens (including phenoxy) is 1.